The van der Waals surface area contributed by atoms with E-state index in [1.807, 2.05) is 0 Å². The van der Waals surface area contributed by atoms with Crippen LogP contribution in [0.3, 0.4) is 0 Å². The molecule has 2 aliphatic rings. The molecule has 1 N–H and O–H groups in total. The van der Waals surface area contributed by atoms with Gasteiger partial charge in [0.25, 0.3) is 0 Å². The summed E-state index contributed by atoms with van der Waals surface area (Å²) in [6.45, 7) is 6.62. The molecule has 0 saturated carbocycles. The number of likely N-dealkylation sites (tertiary alicyclic amines) is 1. The summed E-state index contributed by atoms with van der Waals surface area (Å²) in [6, 6.07) is 0. The van der Waals surface area contributed by atoms with E-state index in [9.17, 15) is 4.79 Å². The van der Waals surface area contributed by atoms with Crippen LogP contribution in [0, 0.1) is 5.41 Å². The van der Waals surface area contributed by atoms with Crippen molar-refractivity contribution in [3.05, 3.63) is 0 Å². The second-order valence-electron chi connectivity index (χ2n) is 4.39. The van der Waals surface area contributed by atoms with Gasteiger partial charge in [-0.05, 0) is 37.9 Å². The first-order valence-electron chi connectivity index (χ1n) is 5.23. The number of rotatable bonds is 1. The van der Waals surface area contributed by atoms with Gasteiger partial charge in [0, 0.05) is 13.0 Å². The van der Waals surface area contributed by atoms with Crippen molar-refractivity contribution in [2.24, 2.45) is 5.41 Å². The molecule has 3 heteroatoms. The lowest BCUT2D eigenvalue weighted by molar-refractivity contribution is -0.119. The maximum atomic E-state index is 11.1. The molecule has 74 valence electrons. The Labute approximate surface area is 79.5 Å². The molecule has 3 nitrogen and oxygen atoms in total. The number of amides is 1. The zero-order chi connectivity index (χ0) is 9.31. The van der Waals surface area contributed by atoms with Crippen molar-refractivity contribution in [1.29, 1.82) is 0 Å². The van der Waals surface area contributed by atoms with Gasteiger partial charge in [-0.15, -0.1) is 0 Å². The number of carbonyl (C=O) groups excluding carboxylic acids is 1. The predicted molar refractivity (Wildman–Crippen MR) is 51.4 cm³/mol. The zero-order valence-corrected chi connectivity index (χ0v) is 8.31. The minimum atomic E-state index is 0.255. The molecule has 2 fully saturated rings. The lowest BCUT2D eigenvalue weighted by atomic mass is 9.78. The van der Waals surface area contributed by atoms with Crippen LogP contribution in [-0.2, 0) is 4.79 Å². The first kappa shape index (κ1) is 9.00. The third-order valence-corrected chi connectivity index (χ3v) is 3.56. The van der Waals surface area contributed by atoms with E-state index in [0.717, 1.165) is 19.5 Å². The van der Waals surface area contributed by atoms with Crippen molar-refractivity contribution in [1.82, 2.24) is 10.2 Å². The smallest absolute Gasteiger partial charge is 0.220 e. The summed E-state index contributed by atoms with van der Waals surface area (Å²) in [5.74, 6) is 0.255. The minimum absolute atomic E-state index is 0.255. The highest BCUT2D eigenvalue weighted by Gasteiger charge is 2.40. The van der Waals surface area contributed by atoms with Crippen molar-refractivity contribution >= 4 is 5.91 Å². The molecular formula is C10H18N2O. The van der Waals surface area contributed by atoms with Gasteiger partial charge in [-0.3, -0.25) is 4.79 Å². The summed E-state index contributed by atoms with van der Waals surface area (Å²) in [7, 11) is 0. The monoisotopic (exact) mass is 182 g/mol. The van der Waals surface area contributed by atoms with Gasteiger partial charge in [0.1, 0.15) is 0 Å². The maximum absolute atomic E-state index is 11.1. The van der Waals surface area contributed by atoms with Crippen LogP contribution in [0.1, 0.15) is 26.2 Å². The summed E-state index contributed by atoms with van der Waals surface area (Å²) < 4.78 is 0. The molecule has 0 unspecified atom stereocenters. The van der Waals surface area contributed by atoms with Gasteiger partial charge in [0.2, 0.25) is 5.91 Å². The first-order chi connectivity index (χ1) is 6.24. The molecule has 0 radical (unpaired) electrons. The standard InChI is InChI=1S/C10H18N2O/c1-2-12-5-3-10(4-6-12)7-9(13)11-8-10/h2-8H2,1H3,(H,11,13). The molecule has 0 aromatic rings. The van der Waals surface area contributed by atoms with E-state index in [1.54, 1.807) is 0 Å². The Hall–Kier alpha value is -0.570. The Morgan fingerprint density at radius 3 is 2.62 bits per heavy atom. The molecule has 2 aliphatic heterocycles. The lowest BCUT2D eigenvalue weighted by Crippen LogP contribution is -2.40. The van der Waals surface area contributed by atoms with Gasteiger partial charge < -0.3 is 10.2 Å². The van der Waals surface area contributed by atoms with Crippen molar-refractivity contribution in [2.45, 2.75) is 26.2 Å². The van der Waals surface area contributed by atoms with Crippen LogP contribution in [0.15, 0.2) is 0 Å². The minimum Gasteiger partial charge on any atom is -0.356 e. The normalized spacial score (nSPS) is 27.9. The summed E-state index contributed by atoms with van der Waals surface area (Å²) >= 11 is 0. The number of carbonyl (C=O) groups is 1. The van der Waals surface area contributed by atoms with Crippen LogP contribution in [0.2, 0.25) is 0 Å². The summed E-state index contributed by atoms with van der Waals surface area (Å²) in [5.41, 5.74) is 0.322. The van der Waals surface area contributed by atoms with E-state index >= 15 is 0 Å². The zero-order valence-electron chi connectivity index (χ0n) is 8.31. The molecule has 0 aliphatic carbocycles. The highest BCUT2D eigenvalue weighted by Crippen LogP contribution is 2.37. The topological polar surface area (TPSA) is 32.3 Å². The van der Waals surface area contributed by atoms with Crippen LogP contribution in [0.25, 0.3) is 0 Å². The van der Waals surface area contributed by atoms with Crippen LogP contribution >= 0.6 is 0 Å². The number of hydrogen-bond acceptors (Lipinski definition) is 2. The average Bonchev–Trinajstić information content (AvgIpc) is 2.49. The van der Waals surface area contributed by atoms with E-state index in [4.69, 9.17) is 0 Å². The highest BCUT2D eigenvalue weighted by atomic mass is 16.1. The van der Waals surface area contributed by atoms with Gasteiger partial charge in [-0.25, -0.2) is 0 Å². The predicted octanol–water partition coefficient (Wildman–Crippen LogP) is 0.608. The molecule has 2 saturated heterocycles. The fourth-order valence-corrected chi connectivity index (χ4v) is 2.45. The largest absolute Gasteiger partial charge is 0.356 e. The van der Waals surface area contributed by atoms with Crippen LogP contribution in [0.4, 0.5) is 0 Å². The van der Waals surface area contributed by atoms with E-state index in [1.165, 1.54) is 25.9 Å². The SMILES string of the molecule is CCN1CCC2(CC1)CNC(=O)C2. The van der Waals surface area contributed by atoms with Crippen LogP contribution in [0.5, 0.6) is 0 Å². The maximum Gasteiger partial charge on any atom is 0.220 e. The Balaban J connectivity index is 1.93. The van der Waals surface area contributed by atoms with Crippen LogP contribution in [-0.4, -0.2) is 37.0 Å². The molecule has 1 spiro atoms. The van der Waals surface area contributed by atoms with Gasteiger partial charge in [-0.1, -0.05) is 6.92 Å². The summed E-state index contributed by atoms with van der Waals surface area (Å²) in [5, 5.41) is 2.96. The molecule has 0 aromatic carbocycles. The Kier molecular flexibility index (Phi) is 2.28. The second-order valence-corrected chi connectivity index (χ2v) is 4.39. The number of nitrogens with zero attached hydrogens (tertiary/aromatic N) is 1. The molecule has 2 heterocycles. The second kappa shape index (κ2) is 3.29. The van der Waals surface area contributed by atoms with Crippen molar-refractivity contribution in [3.63, 3.8) is 0 Å². The molecule has 0 atom stereocenters. The van der Waals surface area contributed by atoms with E-state index in [-0.39, 0.29) is 5.91 Å². The highest BCUT2D eigenvalue weighted by molar-refractivity contribution is 5.79. The van der Waals surface area contributed by atoms with Gasteiger partial charge in [0.15, 0.2) is 0 Å². The molecule has 13 heavy (non-hydrogen) atoms. The van der Waals surface area contributed by atoms with E-state index in [0.29, 0.717) is 5.41 Å². The Bertz CT molecular complexity index is 207. The van der Waals surface area contributed by atoms with Crippen LogP contribution < -0.4 is 5.32 Å². The molecular weight excluding hydrogens is 164 g/mol. The fraction of sp³-hybridized carbons (Fsp3) is 0.900. The third-order valence-electron chi connectivity index (χ3n) is 3.56. The number of nitrogens with one attached hydrogen (secondary N) is 1. The molecule has 0 bridgehead atoms. The lowest BCUT2D eigenvalue weighted by Gasteiger charge is -2.37. The average molecular weight is 182 g/mol. The Morgan fingerprint density at radius 1 is 1.46 bits per heavy atom. The fourth-order valence-electron chi connectivity index (χ4n) is 2.45. The molecule has 1 amide bonds. The molecule has 0 aromatic heterocycles. The van der Waals surface area contributed by atoms with Crippen molar-refractivity contribution < 1.29 is 4.79 Å². The Morgan fingerprint density at radius 2 is 2.15 bits per heavy atom. The van der Waals surface area contributed by atoms with Gasteiger partial charge in [-0.2, -0.15) is 0 Å². The summed E-state index contributed by atoms with van der Waals surface area (Å²) in [4.78, 5) is 13.6. The summed E-state index contributed by atoms with van der Waals surface area (Å²) in [6.07, 6.45) is 3.16. The third kappa shape index (κ3) is 1.70. The number of piperidine rings is 1. The van der Waals surface area contributed by atoms with Crippen molar-refractivity contribution in [3.8, 4) is 0 Å². The van der Waals surface area contributed by atoms with E-state index < -0.39 is 0 Å². The number of hydrogen-bond donors (Lipinski definition) is 1. The first-order valence-corrected chi connectivity index (χ1v) is 5.23. The molecule has 2 rings (SSSR count). The van der Waals surface area contributed by atoms with Gasteiger partial charge in [0.05, 0.1) is 0 Å². The van der Waals surface area contributed by atoms with Crippen molar-refractivity contribution in [2.75, 3.05) is 26.2 Å². The quantitative estimate of drug-likeness (QED) is 0.644. The van der Waals surface area contributed by atoms with Gasteiger partial charge >= 0.3 is 0 Å². The van der Waals surface area contributed by atoms with E-state index in [2.05, 4.69) is 17.1 Å².